The van der Waals surface area contributed by atoms with Crippen molar-refractivity contribution in [2.45, 2.75) is 43.0 Å². The lowest BCUT2D eigenvalue weighted by atomic mass is 9.96. The molecule has 35 heavy (non-hydrogen) atoms. The number of ether oxygens (including phenoxy) is 1. The second-order valence-electron chi connectivity index (χ2n) is 9.24. The van der Waals surface area contributed by atoms with Gasteiger partial charge in [-0.15, -0.1) is 0 Å². The largest absolute Gasteiger partial charge is 0.497 e. The van der Waals surface area contributed by atoms with E-state index in [1.807, 2.05) is 12.1 Å². The van der Waals surface area contributed by atoms with Gasteiger partial charge in [-0.2, -0.15) is 4.31 Å². The number of piperidine rings is 2. The Kier molecular flexibility index (Phi) is 8.41. The molecule has 2 aromatic carbocycles. The van der Waals surface area contributed by atoms with Crippen LogP contribution in [0, 0.1) is 11.7 Å². The van der Waals surface area contributed by atoms with Gasteiger partial charge >= 0.3 is 0 Å². The molecule has 2 aromatic rings. The van der Waals surface area contributed by atoms with Crippen LogP contribution in [0.25, 0.3) is 0 Å². The Hall–Kier alpha value is -2.49. The first kappa shape index (κ1) is 25.6. The molecule has 1 unspecified atom stereocenters. The molecule has 0 aromatic heterocycles. The van der Waals surface area contributed by atoms with Crippen molar-refractivity contribution in [2.75, 3.05) is 39.8 Å². The summed E-state index contributed by atoms with van der Waals surface area (Å²) in [5.74, 6) is -0.273. The van der Waals surface area contributed by atoms with E-state index < -0.39 is 15.8 Å². The maximum atomic E-state index is 14.1. The number of halogens is 1. The third kappa shape index (κ3) is 6.02. The standard InChI is InChI=1S/C26H34FN3O4S/c1-34-22-11-9-20(10-12-22)24(29-15-5-2-6-16-29)19-28-26(31)21-13-17-30(18-14-21)35(32,33)25-8-4-3-7-23(25)27/h3-4,7-12,21,24H,2,5-6,13-19H2,1H3,(H,28,31). The van der Waals surface area contributed by atoms with Crippen LogP contribution < -0.4 is 10.1 Å². The van der Waals surface area contributed by atoms with Crippen molar-refractivity contribution in [3.8, 4) is 5.75 Å². The number of likely N-dealkylation sites (tertiary alicyclic amines) is 1. The van der Waals surface area contributed by atoms with E-state index in [4.69, 9.17) is 4.74 Å². The maximum Gasteiger partial charge on any atom is 0.245 e. The second-order valence-corrected chi connectivity index (χ2v) is 11.1. The fourth-order valence-electron chi connectivity index (χ4n) is 5.01. The minimum Gasteiger partial charge on any atom is -0.497 e. The van der Waals surface area contributed by atoms with Crippen molar-refractivity contribution in [3.63, 3.8) is 0 Å². The average Bonchev–Trinajstić information content (AvgIpc) is 2.90. The molecule has 0 radical (unpaired) electrons. The van der Waals surface area contributed by atoms with Crippen LogP contribution in [0.4, 0.5) is 4.39 Å². The normalized spacial score (nSPS) is 19.3. The summed E-state index contributed by atoms with van der Waals surface area (Å²) in [6.07, 6.45) is 4.35. The number of carbonyl (C=O) groups excluding carboxylic acids is 1. The van der Waals surface area contributed by atoms with E-state index in [1.165, 1.54) is 28.9 Å². The quantitative estimate of drug-likeness (QED) is 0.596. The number of amides is 1. The molecule has 0 bridgehead atoms. The minimum atomic E-state index is -3.91. The Bertz CT molecular complexity index is 1100. The Morgan fingerprint density at radius 1 is 1.03 bits per heavy atom. The maximum absolute atomic E-state index is 14.1. The molecule has 1 atom stereocenters. The zero-order valence-electron chi connectivity index (χ0n) is 20.2. The Balaban J connectivity index is 1.36. The summed E-state index contributed by atoms with van der Waals surface area (Å²) in [5, 5.41) is 3.13. The molecular formula is C26H34FN3O4S. The second kappa shape index (κ2) is 11.5. The van der Waals surface area contributed by atoms with E-state index in [0.717, 1.165) is 43.3 Å². The fraction of sp³-hybridized carbons (Fsp3) is 0.500. The van der Waals surface area contributed by atoms with Crippen molar-refractivity contribution in [3.05, 3.63) is 59.9 Å². The highest BCUT2D eigenvalue weighted by atomic mass is 32.2. The molecule has 190 valence electrons. The summed E-state index contributed by atoms with van der Waals surface area (Å²) in [4.78, 5) is 15.1. The number of hydrogen-bond donors (Lipinski definition) is 1. The van der Waals surface area contributed by atoms with Gasteiger partial charge in [-0.1, -0.05) is 30.7 Å². The number of benzene rings is 2. The van der Waals surface area contributed by atoms with Gasteiger partial charge in [-0.05, 0) is 68.6 Å². The van der Waals surface area contributed by atoms with Gasteiger partial charge in [0.2, 0.25) is 15.9 Å². The average molecular weight is 504 g/mol. The van der Waals surface area contributed by atoms with Gasteiger partial charge in [0, 0.05) is 25.6 Å². The SMILES string of the molecule is COc1ccc(C(CNC(=O)C2CCN(S(=O)(=O)c3ccccc3F)CC2)N2CCCCC2)cc1. The van der Waals surface area contributed by atoms with E-state index >= 15 is 0 Å². The van der Waals surface area contributed by atoms with E-state index in [0.29, 0.717) is 19.4 Å². The summed E-state index contributed by atoms with van der Waals surface area (Å²) in [6.45, 7) is 2.89. The zero-order valence-corrected chi connectivity index (χ0v) is 21.0. The van der Waals surface area contributed by atoms with Gasteiger partial charge in [-0.3, -0.25) is 9.69 Å². The molecule has 2 heterocycles. The van der Waals surface area contributed by atoms with Crippen molar-refractivity contribution in [1.82, 2.24) is 14.5 Å². The van der Waals surface area contributed by atoms with Crippen LogP contribution in [0.3, 0.4) is 0 Å². The molecule has 0 saturated carbocycles. The Morgan fingerprint density at radius 3 is 2.31 bits per heavy atom. The van der Waals surface area contributed by atoms with Crippen molar-refractivity contribution >= 4 is 15.9 Å². The molecule has 1 amide bonds. The Morgan fingerprint density at radius 2 is 1.69 bits per heavy atom. The number of carbonyl (C=O) groups is 1. The molecule has 2 aliphatic rings. The van der Waals surface area contributed by atoms with Crippen molar-refractivity contribution < 1.29 is 22.3 Å². The Labute approximate surface area is 207 Å². The van der Waals surface area contributed by atoms with Crippen LogP contribution in [0.15, 0.2) is 53.4 Å². The van der Waals surface area contributed by atoms with Crippen molar-refractivity contribution in [2.24, 2.45) is 5.92 Å². The van der Waals surface area contributed by atoms with Gasteiger partial charge < -0.3 is 10.1 Å². The van der Waals surface area contributed by atoms with Crippen molar-refractivity contribution in [1.29, 1.82) is 0 Å². The lowest BCUT2D eigenvalue weighted by Gasteiger charge is -2.36. The first-order chi connectivity index (χ1) is 16.9. The van der Waals surface area contributed by atoms with E-state index in [1.54, 1.807) is 7.11 Å². The molecule has 1 N–H and O–H groups in total. The lowest BCUT2D eigenvalue weighted by molar-refractivity contribution is -0.126. The van der Waals surface area contributed by atoms with Gasteiger partial charge in [0.1, 0.15) is 16.5 Å². The summed E-state index contributed by atoms with van der Waals surface area (Å²) in [5.41, 5.74) is 1.14. The lowest BCUT2D eigenvalue weighted by Crippen LogP contribution is -2.45. The van der Waals surface area contributed by atoms with E-state index in [2.05, 4.69) is 22.3 Å². The minimum absolute atomic E-state index is 0.0524. The van der Waals surface area contributed by atoms with Crippen LogP contribution in [0.1, 0.15) is 43.7 Å². The van der Waals surface area contributed by atoms with Crippen LogP contribution in [-0.2, 0) is 14.8 Å². The third-order valence-corrected chi connectivity index (χ3v) is 9.01. The van der Waals surface area contributed by atoms with Gasteiger partial charge in [0.25, 0.3) is 0 Å². The molecule has 2 aliphatic heterocycles. The van der Waals surface area contributed by atoms with Crippen LogP contribution >= 0.6 is 0 Å². The first-order valence-electron chi connectivity index (χ1n) is 12.3. The highest BCUT2D eigenvalue weighted by Gasteiger charge is 2.34. The predicted molar refractivity (Wildman–Crippen MR) is 132 cm³/mol. The number of methoxy groups -OCH3 is 1. The smallest absolute Gasteiger partial charge is 0.245 e. The zero-order chi connectivity index (χ0) is 24.8. The van der Waals surface area contributed by atoms with Gasteiger partial charge in [-0.25, -0.2) is 12.8 Å². The third-order valence-electron chi connectivity index (χ3n) is 7.08. The molecule has 2 fully saturated rings. The molecule has 0 spiro atoms. The summed E-state index contributed by atoms with van der Waals surface area (Å²) < 4.78 is 46.3. The first-order valence-corrected chi connectivity index (χ1v) is 13.7. The van der Waals surface area contributed by atoms with Crippen LogP contribution in [-0.4, -0.2) is 63.4 Å². The molecule has 0 aliphatic carbocycles. The monoisotopic (exact) mass is 503 g/mol. The fourth-order valence-corrected chi connectivity index (χ4v) is 6.54. The van der Waals surface area contributed by atoms with E-state index in [-0.39, 0.29) is 35.9 Å². The van der Waals surface area contributed by atoms with Crippen LogP contribution in [0.2, 0.25) is 0 Å². The number of nitrogens with zero attached hydrogens (tertiary/aromatic N) is 2. The number of sulfonamides is 1. The highest BCUT2D eigenvalue weighted by molar-refractivity contribution is 7.89. The molecule has 9 heteroatoms. The molecule has 4 rings (SSSR count). The van der Waals surface area contributed by atoms with E-state index in [9.17, 15) is 17.6 Å². The topological polar surface area (TPSA) is 79.0 Å². The highest BCUT2D eigenvalue weighted by Crippen LogP contribution is 2.28. The van der Waals surface area contributed by atoms with Gasteiger partial charge in [0.05, 0.1) is 13.2 Å². The van der Waals surface area contributed by atoms with Gasteiger partial charge in [0.15, 0.2) is 0 Å². The molecule has 7 nitrogen and oxygen atoms in total. The number of nitrogens with one attached hydrogen (secondary N) is 1. The summed E-state index contributed by atoms with van der Waals surface area (Å²) >= 11 is 0. The number of hydrogen-bond acceptors (Lipinski definition) is 5. The van der Waals surface area contributed by atoms with Crippen LogP contribution in [0.5, 0.6) is 5.75 Å². The summed E-state index contributed by atoms with van der Waals surface area (Å²) in [6, 6.07) is 13.5. The summed E-state index contributed by atoms with van der Waals surface area (Å²) in [7, 11) is -2.27. The predicted octanol–water partition coefficient (Wildman–Crippen LogP) is 3.58. The number of rotatable bonds is 8. The molecule has 2 saturated heterocycles. The molecular weight excluding hydrogens is 469 g/mol.